The fraction of sp³-hybridized carbons (Fsp3) is 0.438. The number of halogens is 2. The summed E-state index contributed by atoms with van der Waals surface area (Å²) in [4.78, 5) is 4.16. The van der Waals surface area contributed by atoms with Gasteiger partial charge in [0.05, 0.1) is 18.6 Å². The van der Waals surface area contributed by atoms with Crippen LogP contribution in [-0.2, 0) is 19.0 Å². The zero-order valence-corrected chi connectivity index (χ0v) is 12.4. The number of hydrogen-bond donors (Lipinski definition) is 1. The van der Waals surface area contributed by atoms with E-state index in [0.29, 0.717) is 12.5 Å². The van der Waals surface area contributed by atoms with Crippen molar-refractivity contribution < 1.29 is 8.78 Å². The van der Waals surface area contributed by atoms with Crippen LogP contribution in [0.2, 0.25) is 0 Å². The number of nitrogens with one attached hydrogen (secondary N) is 1. The number of hydrogen-bond acceptors (Lipinski definition) is 2. The second kappa shape index (κ2) is 6.80. The highest BCUT2D eigenvalue weighted by molar-refractivity contribution is 5.19. The van der Waals surface area contributed by atoms with Gasteiger partial charge in [-0.05, 0) is 12.5 Å². The average Bonchev–Trinajstić information content (AvgIpc) is 2.86. The SMILES string of the molecule is CC(C)CNCc1cn(CC(F)(F)c2ccccc2)cn1. The number of aromatic nitrogens is 2. The van der Waals surface area contributed by atoms with Crippen molar-refractivity contribution in [2.45, 2.75) is 32.9 Å². The van der Waals surface area contributed by atoms with E-state index >= 15 is 0 Å². The summed E-state index contributed by atoms with van der Waals surface area (Å²) >= 11 is 0. The van der Waals surface area contributed by atoms with Crippen LogP contribution in [-0.4, -0.2) is 16.1 Å². The average molecular weight is 293 g/mol. The molecule has 2 aromatic rings. The molecule has 2 rings (SSSR count). The second-order valence-electron chi connectivity index (χ2n) is 5.63. The molecule has 0 radical (unpaired) electrons. The molecular formula is C16H21F2N3. The first-order valence-corrected chi connectivity index (χ1v) is 7.12. The fourth-order valence-corrected chi connectivity index (χ4v) is 2.08. The molecule has 114 valence electrons. The van der Waals surface area contributed by atoms with E-state index < -0.39 is 12.5 Å². The Morgan fingerprint density at radius 3 is 2.62 bits per heavy atom. The van der Waals surface area contributed by atoms with Gasteiger partial charge in [0.1, 0.15) is 0 Å². The standard InChI is InChI=1S/C16H21F2N3/c1-13(2)8-19-9-15-10-21(12-20-15)11-16(17,18)14-6-4-3-5-7-14/h3-7,10,12-13,19H,8-9,11H2,1-2H3. The van der Waals surface area contributed by atoms with E-state index in [1.165, 1.54) is 23.0 Å². The van der Waals surface area contributed by atoms with Gasteiger partial charge in [-0.3, -0.25) is 0 Å². The summed E-state index contributed by atoms with van der Waals surface area (Å²) in [6, 6.07) is 7.87. The van der Waals surface area contributed by atoms with E-state index in [1.807, 2.05) is 0 Å². The predicted molar refractivity (Wildman–Crippen MR) is 79.1 cm³/mol. The first-order valence-electron chi connectivity index (χ1n) is 7.12. The minimum Gasteiger partial charge on any atom is -0.331 e. The molecule has 0 bridgehead atoms. The van der Waals surface area contributed by atoms with Crippen LogP contribution in [0.3, 0.4) is 0 Å². The third kappa shape index (κ3) is 4.63. The summed E-state index contributed by atoms with van der Waals surface area (Å²) in [7, 11) is 0. The summed E-state index contributed by atoms with van der Waals surface area (Å²) in [5.41, 5.74) is 0.803. The normalized spacial score (nSPS) is 12.0. The van der Waals surface area contributed by atoms with E-state index in [9.17, 15) is 8.78 Å². The molecule has 0 aliphatic rings. The monoisotopic (exact) mass is 293 g/mol. The lowest BCUT2D eigenvalue weighted by Gasteiger charge is -2.17. The van der Waals surface area contributed by atoms with Gasteiger partial charge in [0.15, 0.2) is 0 Å². The molecule has 3 nitrogen and oxygen atoms in total. The van der Waals surface area contributed by atoms with Crippen molar-refractivity contribution in [2.75, 3.05) is 6.54 Å². The van der Waals surface area contributed by atoms with Crippen molar-refractivity contribution >= 4 is 0 Å². The van der Waals surface area contributed by atoms with Gasteiger partial charge in [-0.15, -0.1) is 0 Å². The lowest BCUT2D eigenvalue weighted by Crippen LogP contribution is -2.21. The van der Waals surface area contributed by atoms with Crippen LogP contribution < -0.4 is 5.32 Å². The Morgan fingerprint density at radius 1 is 1.24 bits per heavy atom. The minimum absolute atomic E-state index is 0.0261. The number of nitrogens with zero attached hydrogens (tertiary/aromatic N) is 2. The highest BCUT2D eigenvalue weighted by atomic mass is 19.3. The van der Waals surface area contributed by atoms with Crippen LogP contribution >= 0.6 is 0 Å². The lowest BCUT2D eigenvalue weighted by molar-refractivity contribution is -0.0222. The lowest BCUT2D eigenvalue weighted by atomic mass is 10.1. The first kappa shape index (κ1) is 15.6. The molecule has 1 aromatic heterocycles. The third-order valence-corrected chi connectivity index (χ3v) is 3.12. The molecule has 5 heteroatoms. The Labute approximate surface area is 124 Å². The molecule has 1 heterocycles. The Hall–Kier alpha value is -1.75. The van der Waals surface area contributed by atoms with Gasteiger partial charge < -0.3 is 9.88 Å². The summed E-state index contributed by atoms with van der Waals surface area (Å²) < 4.78 is 29.7. The van der Waals surface area contributed by atoms with Crippen molar-refractivity contribution in [3.05, 3.63) is 54.1 Å². The van der Waals surface area contributed by atoms with Gasteiger partial charge in [0.25, 0.3) is 5.92 Å². The molecule has 0 amide bonds. The summed E-state index contributed by atoms with van der Waals surface area (Å²) in [5.74, 6) is -2.35. The Morgan fingerprint density at radius 2 is 1.95 bits per heavy atom. The summed E-state index contributed by atoms with van der Waals surface area (Å²) in [6.45, 7) is 5.32. The molecule has 0 saturated heterocycles. The minimum atomic E-state index is -2.90. The number of benzene rings is 1. The number of alkyl halides is 2. The first-order chi connectivity index (χ1) is 9.97. The quantitative estimate of drug-likeness (QED) is 0.847. The zero-order valence-electron chi connectivity index (χ0n) is 12.4. The molecule has 1 N–H and O–H groups in total. The van der Waals surface area contributed by atoms with E-state index in [2.05, 4.69) is 24.1 Å². The topological polar surface area (TPSA) is 29.9 Å². The fourth-order valence-electron chi connectivity index (χ4n) is 2.08. The summed E-state index contributed by atoms with van der Waals surface area (Å²) in [5, 5.41) is 3.25. The molecule has 0 aliphatic heterocycles. The smallest absolute Gasteiger partial charge is 0.290 e. The summed E-state index contributed by atoms with van der Waals surface area (Å²) in [6.07, 6.45) is 3.13. The Balaban J connectivity index is 1.95. The van der Waals surface area contributed by atoms with Crippen molar-refractivity contribution in [1.82, 2.24) is 14.9 Å². The molecule has 0 spiro atoms. The number of imidazole rings is 1. The van der Waals surface area contributed by atoms with Gasteiger partial charge in [-0.25, -0.2) is 4.98 Å². The maximum atomic E-state index is 14.1. The van der Waals surface area contributed by atoms with E-state index in [1.54, 1.807) is 24.4 Å². The van der Waals surface area contributed by atoms with Gasteiger partial charge in [0, 0.05) is 18.3 Å². The molecular weight excluding hydrogens is 272 g/mol. The third-order valence-electron chi connectivity index (χ3n) is 3.12. The highest BCUT2D eigenvalue weighted by Crippen LogP contribution is 2.29. The molecule has 0 atom stereocenters. The Bertz CT molecular complexity index is 550. The van der Waals surface area contributed by atoms with E-state index in [4.69, 9.17) is 0 Å². The van der Waals surface area contributed by atoms with Crippen LogP contribution in [0.4, 0.5) is 8.78 Å². The predicted octanol–water partition coefficient (Wildman–Crippen LogP) is 3.42. The van der Waals surface area contributed by atoms with Crippen molar-refractivity contribution in [1.29, 1.82) is 0 Å². The van der Waals surface area contributed by atoms with Crippen molar-refractivity contribution in [3.8, 4) is 0 Å². The maximum Gasteiger partial charge on any atom is 0.290 e. The molecule has 0 aliphatic carbocycles. The van der Waals surface area contributed by atoms with E-state index in [-0.39, 0.29) is 5.56 Å². The van der Waals surface area contributed by atoms with E-state index in [0.717, 1.165) is 12.2 Å². The molecule has 0 unspecified atom stereocenters. The van der Waals surface area contributed by atoms with Crippen LogP contribution in [0.1, 0.15) is 25.1 Å². The van der Waals surface area contributed by atoms with Crippen LogP contribution in [0, 0.1) is 5.92 Å². The highest BCUT2D eigenvalue weighted by Gasteiger charge is 2.31. The molecule has 0 saturated carbocycles. The van der Waals surface area contributed by atoms with Crippen molar-refractivity contribution in [2.24, 2.45) is 5.92 Å². The molecule has 21 heavy (non-hydrogen) atoms. The van der Waals surface area contributed by atoms with Crippen molar-refractivity contribution in [3.63, 3.8) is 0 Å². The van der Waals surface area contributed by atoms with Gasteiger partial charge in [-0.2, -0.15) is 8.78 Å². The van der Waals surface area contributed by atoms with Gasteiger partial charge in [0.2, 0.25) is 0 Å². The maximum absolute atomic E-state index is 14.1. The van der Waals surface area contributed by atoms with Crippen LogP contribution in [0.15, 0.2) is 42.9 Å². The number of rotatable bonds is 7. The van der Waals surface area contributed by atoms with Gasteiger partial charge in [-0.1, -0.05) is 44.2 Å². The van der Waals surface area contributed by atoms with Crippen LogP contribution in [0.25, 0.3) is 0 Å². The van der Waals surface area contributed by atoms with Gasteiger partial charge >= 0.3 is 0 Å². The zero-order chi connectivity index (χ0) is 15.3. The molecule has 1 aromatic carbocycles. The molecule has 0 fully saturated rings. The largest absolute Gasteiger partial charge is 0.331 e. The van der Waals surface area contributed by atoms with Crippen LogP contribution in [0.5, 0.6) is 0 Å². The Kier molecular flexibility index (Phi) is 5.07. The second-order valence-corrected chi connectivity index (χ2v) is 5.63.